The zero-order valence-corrected chi connectivity index (χ0v) is 36.1. The number of methoxy groups -OCH3 is 1. The number of carboxylic acids is 3. The van der Waals surface area contributed by atoms with Gasteiger partial charge in [-0.3, -0.25) is 14.4 Å². The molecular formula is C24H52ClNNa2O15S3. The first-order valence-electron chi connectivity index (χ1n) is 12.5. The summed E-state index contributed by atoms with van der Waals surface area (Å²) in [5.74, 6) is -5.13. The summed E-state index contributed by atoms with van der Waals surface area (Å²) in [6.45, 7) is 8.13. The predicted molar refractivity (Wildman–Crippen MR) is 166 cm³/mol. The average Bonchev–Trinajstić information content (AvgIpc) is 2.82. The Morgan fingerprint density at radius 3 is 1.09 bits per heavy atom. The number of carbonyl (C=O) groups excluding carboxylic acids is 2. The molecule has 16 nitrogen and oxygen atoms in total. The largest absolute Gasteiger partial charge is 1.00 e. The second-order valence-electron chi connectivity index (χ2n) is 9.79. The number of hydrogen-bond acceptors (Lipinski definition) is 14. The predicted octanol–water partition coefficient (Wildman–Crippen LogP) is -5.29. The first-order chi connectivity index (χ1) is 18.2. The SMILES string of the molecule is CC(CCS(C)(=O)=O)C(=O)O.CC(CCS(C)(=O)=O)C(=O)[O-].CCC(C)C(=O)O.COC(=O)C(C)CCS(C)(=O)=O.Cl.N.[Na+].[Na+].[OH-]. The molecule has 0 aromatic carbocycles. The summed E-state index contributed by atoms with van der Waals surface area (Å²) in [5, 5.41) is 26.7. The molecule has 0 aliphatic carbocycles. The van der Waals surface area contributed by atoms with Gasteiger partial charge in [0.05, 0.1) is 42.1 Å². The summed E-state index contributed by atoms with van der Waals surface area (Å²) in [6, 6.07) is 0. The van der Waals surface area contributed by atoms with Crippen LogP contribution in [0.15, 0.2) is 0 Å². The molecular weight excluding hydrogens is 720 g/mol. The fraction of sp³-hybridized carbons (Fsp3) is 0.833. The quantitative estimate of drug-likeness (QED) is 0.110. The van der Waals surface area contributed by atoms with Gasteiger partial charge in [-0.05, 0) is 31.6 Å². The van der Waals surface area contributed by atoms with Crippen molar-refractivity contribution in [1.29, 1.82) is 0 Å². The van der Waals surface area contributed by atoms with Gasteiger partial charge in [0.2, 0.25) is 0 Å². The van der Waals surface area contributed by atoms with Crippen LogP contribution in [0, 0.1) is 23.7 Å². The summed E-state index contributed by atoms with van der Waals surface area (Å²) in [6.07, 6.45) is 4.68. The van der Waals surface area contributed by atoms with Crippen molar-refractivity contribution in [2.75, 3.05) is 43.1 Å². The molecule has 22 heteroatoms. The molecule has 0 aromatic rings. The molecule has 270 valence electrons. The standard InChI is InChI=1S/C7H14O4S.2C6H12O4S.C5H10O2.ClH.H3N.2Na.H2O/c1-6(7(8)11-2)4-5-12(3,9)10;2*1-5(6(7)8)3-4-11(2,9)10;1-3-4(2)5(6)7;;;;;/h6H,4-5H2,1-3H3;2*5H,3-4H2,1-2H3,(H,7,8);4H,3H2,1-2H3,(H,6,7);1H;1H3;;;1H2/q;;;;;;2*+1;/p-2. The monoisotopic (exact) mass is 771 g/mol. The van der Waals surface area contributed by atoms with Gasteiger partial charge in [0.1, 0.15) is 29.5 Å². The first-order valence-corrected chi connectivity index (χ1v) is 18.7. The van der Waals surface area contributed by atoms with E-state index in [1.807, 2.05) is 6.92 Å². The Morgan fingerprint density at radius 1 is 0.652 bits per heavy atom. The van der Waals surface area contributed by atoms with Gasteiger partial charge in [0.25, 0.3) is 0 Å². The van der Waals surface area contributed by atoms with E-state index in [1.165, 1.54) is 21.0 Å². The van der Waals surface area contributed by atoms with Gasteiger partial charge in [0, 0.05) is 24.7 Å². The number of aliphatic carboxylic acids is 3. The minimum absolute atomic E-state index is 0. The second kappa shape index (κ2) is 34.8. The van der Waals surface area contributed by atoms with Gasteiger partial charge < -0.3 is 36.5 Å². The van der Waals surface area contributed by atoms with Crippen LogP contribution in [0.2, 0.25) is 0 Å². The van der Waals surface area contributed by atoms with E-state index in [1.54, 1.807) is 13.8 Å². The number of esters is 1. The van der Waals surface area contributed by atoms with Crippen LogP contribution in [0.3, 0.4) is 0 Å². The minimum atomic E-state index is -3.04. The van der Waals surface area contributed by atoms with E-state index < -0.39 is 59.3 Å². The van der Waals surface area contributed by atoms with Crippen LogP contribution in [-0.4, -0.2) is 108 Å². The maximum atomic E-state index is 10.8. The van der Waals surface area contributed by atoms with Gasteiger partial charge in [-0.2, -0.15) is 0 Å². The molecule has 0 aliphatic heterocycles. The van der Waals surface area contributed by atoms with Crippen LogP contribution in [0.25, 0.3) is 0 Å². The molecule has 0 spiro atoms. The van der Waals surface area contributed by atoms with E-state index in [0.29, 0.717) is 6.42 Å². The average molecular weight is 772 g/mol. The van der Waals surface area contributed by atoms with Crippen LogP contribution < -0.4 is 70.4 Å². The molecule has 4 atom stereocenters. The smallest absolute Gasteiger partial charge is 0.870 e. The molecule has 0 aliphatic rings. The molecule has 0 saturated carbocycles. The molecule has 0 bridgehead atoms. The van der Waals surface area contributed by atoms with Crippen molar-refractivity contribution in [1.82, 2.24) is 6.15 Å². The molecule has 0 fully saturated rings. The Labute approximate surface area is 325 Å². The van der Waals surface area contributed by atoms with Crippen molar-refractivity contribution >= 4 is 65.8 Å². The van der Waals surface area contributed by atoms with E-state index in [4.69, 9.17) is 10.2 Å². The number of ether oxygens (including phenoxy) is 1. The van der Waals surface area contributed by atoms with Crippen molar-refractivity contribution < 1.29 is 129 Å². The number of sulfone groups is 3. The van der Waals surface area contributed by atoms with E-state index in [2.05, 4.69) is 4.74 Å². The minimum Gasteiger partial charge on any atom is -0.870 e. The fourth-order valence-electron chi connectivity index (χ4n) is 1.91. The maximum Gasteiger partial charge on any atom is 1.00 e. The van der Waals surface area contributed by atoms with Crippen molar-refractivity contribution in [2.24, 2.45) is 23.7 Å². The topological polar surface area (TPSA) is 308 Å². The van der Waals surface area contributed by atoms with Crippen molar-refractivity contribution in [3.05, 3.63) is 0 Å². The molecule has 6 N–H and O–H groups in total. The van der Waals surface area contributed by atoms with E-state index in [9.17, 15) is 49.5 Å². The molecule has 0 saturated heterocycles. The van der Waals surface area contributed by atoms with Crippen LogP contribution in [0.1, 0.15) is 60.3 Å². The summed E-state index contributed by atoms with van der Waals surface area (Å²) < 4.78 is 68.1. The van der Waals surface area contributed by atoms with Gasteiger partial charge in [-0.25, -0.2) is 25.3 Å². The third-order valence-electron chi connectivity index (χ3n) is 5.23. The summed E-state index contributed by atoms with van der Waals surface area (Å²) in [7, 11) is -7.74. The molecule has 0 rings (SSSR count). The fourth-order valence-corrected chi connectivity index (χ4v) is 4.25. The molecule has 46 heavy (non-hydrogen) atoms. The molecule has 0 radical (unpaired) electrons. The number of rotatable bonds is 14. The van der Waals surface area contributed by atoms with Gasteiger partial charge in [0.15, 0.2) is 0 Å². The van der Waals surface area contributed by atoms with Gasteiger partial charge >= 0.3 is 77.0 Å². The Morgan fingerprint density at radius 2 is 0.913 bits per heavy atom. The summed E-state index contributed by atoms with van der Waals surface area (Å²) in [5.41, 5.74) is 0. The Bertz CT molecular complexity index is 1090. The molecule has 0 heterocycles. The Hall–Kier alpha value is -0.0600. The Balaban J connectivity index is -0.0000000554. The zero-order valence-electron chi connectivity index (χ0n) is 28.8. The van der Waals surface area contributed by atoms with Gasteiger partial charge in [-0.15, -0.1) is 12.4 Å². The second-order valence-corrected chi connectivity index (χ2v) is 16.6. The molecule has 4 unspecified atom stereocenters. The summed E-state index contributed by atoms with van der Waals surface area (Å²) >= 11 is 0. The third kappa shape index (κ3) is 56.3. The summed E-state index contributed by atoms with van der Waals surface area (Å²) in [4.78, 5) is 41.1. The van der Waals surface area contributed by atoms with Crippen LogP contribution in [0.5, 0.6) is 0 Å². The van der Waals surface area contributed by atoms with Gasteiger partial charge in [-0.1, -0.05) is 34.6 Å². The van der Waals surface area contributed by atoms with E-state index in [-0.39, 0.29) is 131 Å². The first kappa shape index (κ1) is 68.0. The van der Waals surface area contributed by atoms with Crippen molar-refractivity contribution in [3.63, 3.8) is 0 Å². The molecule has 0 aromatic heterocycles. The normalized spacial score (nSPS) is 12.5. The number of hydrogen-bond donors (Lipinski definition) is 3. The number of halogens is 1. The number of carbonyl (C=O) groups is 4. The Kier molecular flexibility index (Phi) is 51.4. The van der Waals surface area contributed by atoms with Crippen molar-refractivity contribution in [2.45, 2.75) is 60.3 Å². The molecule has 0 amide bonds. The van der Waals surface area contributed by atoms with Crippen LogP contribution in [-0.2, 0) is 53.4 Å². The van der Waals surface area contributed by atoms with Crippen LogP contribution >= 0.6 is 12.4 Å². The number of carboxylic acid groups (broad SMARTS) is 3. The van der Waals surface area contributed by atoms with Crippen LogP contribution in [0.4, 0.5) is 0 Å². The maximum absolute atomic E-state index is 10.8. The third-order valence-corrected chi connectivity index (χ3v) is 8.16. The zero-order chi connectivity index (χ0) is 33.8. The van der Waals surface area contributed by atoms with E-state index >= 15 is 0 Å². The van der Waals surface area contributed by atoms with Crippen molar-refractivity contribution in [3.8, 4) is 0 Å². The van der Waals surface area contributed by atoms with E-state index in [0.717, 1.165) is 25.2 Å².